The number of amides is 1. The number of nitrogens with one attached hydrogen (secondary N) is 2. The van der Waals surface area contributed by atoms with Crippen molar-refractivity contribution in [2.45, 2.75) is 19.4 Å². The normalized spacial score (nSPS) is 11.9. The Morgan fingerprint density at radius 3 is 2.95 bits per heavy atom. The summed E-state index contributed by atoms with van der Waals surface area (Å²) >= 11 is 7.71. The third kappa shape index (κ3) is 3.71. The molecule has 0 radical (unpaired) electrons. The average Bonchev–Trinajstić information content (AvgIpc) is 2.91. The van der Waals surface area contributed by atoms with Crippen LogP contribution in [-0.2, 0) is 6.42 Å². The van der Waals surface area contributed by atoms with Crippen molar-refractivity contribution in [3.63, 3.8) is 0 Å². The molecule has 0 saturated heterocycles. The Labute approximate surface area is 127 Å². The highest BCUT2D eigenvalue weighted by molar-refractivity contribution is 7.09. The molecule has 2 heterocycles. The van der Waals surface area contributed by atoms with Gasteiger partial charge in [-0.25, -0.2) is 4.98 Å². The highest BCUT2D eigenvalue weighted by Gasteiger charge is 2.13. The Kier molecular flexibility index (Phi) is 4.98. The summed E-state index contributed by atoms with van der Waals surface area (Å²) in [6.45, 7) is 1.98. The van der Waals surface area contributed by atoms with E-state index in [1.165, 1.54) is 11.1 Å². The number of pyridine rings is 1. The van der Waals surface area contributed by atoms with Gasteiger partial charge in [-0.1, -0.05) is 17.7 Å². The van der Waals surface area contributed by atoms with E-state index in [0.717, 1.165) is 6.42 Å². The maximum atomic E-state index is 12.1. The van der Waals surface area contributed by atoms with Crippen molar-refractivity contribution < 1.29 is 4.79 Å². The summed E-state index contributed by atoms with van der Waals surface area (Å²) in [6.07, 6.45) is 2.34. The second-order valence-electron chi connectivity index (χ2n) is 4.46. The molecule has 0 aromatic carbocycles. The van der Waals surface area contributed by atoms with E-state index in [9.17, 15) is 4.79 Å². The molecule has 0 aliphatic carbocycles. The first-order chi connectivity index (χ1) is 9.60. The van der Waals surface area contributed by atoms with Crippen LogP contribution in [0.3, 0.4) is 0 Å². The number of carbonyl (C=O) groups excluding carboxylic acids is 1. The molecule has 2 aromatic rings. The molecule has 0 fully saturated rings. The van der Waals surface area contributed by atoms with Crippen molar-refractivity contribution in [1.29, 1.82) is 0 Å². The molecule has 4 nitrogen and oxygen atoms in total. The van der Waals surface area contributed by atoms with Crippen LogP contribution in [0.4, 0.5) is 5.82 Å². The Morgan fingerprint density at radius 1 is 1.55 bits per heavy atom. The second kappa shape index (κ2) is 6.72. The molecule has 0 aliphatic rings. The van der Waals surface area contributed by atoms with Gasteiger partial charge in [-0.15, -0.1) is 11.3 Å². The van der Waals surface area contributed by atoms with E-state index in [4.69, 9.17) is 11.6 Å². The zero-order chi connectivity index (χ0) is 14.5. The lowest BCUT2D eigenvalue weighted by Crippen LogP contribution is -2.34. The van der Waals surface area contributed by atoms with Gasteiger partial charge in [-0.3, -0.25) is 4.79 Å². The molecule has 0 bridgehead atoms. The van der Waals surface area contributed by atoms with Gasteiger partial charge in [-0.05, 0) is 24.4 Å². The summed E-state index contributed by atoms with van der Waals surface area (Å²) in [7, 11) is 1.73. The van der Waals surface area contributed by atoms with E-state index in [1.54, 1.807) is 24.5 Å². The SMILES string of the molecule is CNc1ncc(C(=O)NC(C)Cc2cccs2)cc1Cl. The van der Waals surface area contributed by atoms with Gasteiger partial charge >= 0.3 is 0 Å². The van der Waals surface area contributed by atoms with Crippen LogP contribution in [0.15, 0.2) is 29.8 Å². The number of rotatable bonds is 5. The van der Waals surface area contributed by atoms with Gasteiger partial charge in [0.2, 0.25) is 0 Å². The fraction of sp³-hybridized carbons (Fsp3) is 0.286. The zero-order valence-electron chi connectivity index (χ0n) is 11.3. The van der Waals surface area contributed by atoms with E-state index >= 15 is 0 Å². The van der Waals surface area contributed by atoms with Crippen molar-refractivity contribution in [2.75, 3.05) is 12.4 Å². The van der Waals surface area contributed by atoms with Crippen molar-refractivity contribution in [3.05, 3.63) is 45.2 Å². The third-order valence-electron chi connectivity index (χ3n) is 2.81. The Balaban J connectivity index is 1.99. The predicted molar refractivity (Wildman–Crippen MR) is 83.7 cm³/mol. The van der Waals surface area contributed by atoms with Crippen LogP contribution in [0.2, 0.25) is 5.02 Å². The lowest BCUT2D eigenvalue weighted by molar-refractivity contribution is 0.0940. The minimum absolute atomic E-state index is 0.0592. The molecule has 1 unspecified atom stereocenters. The van der Waals surface area contributed by atoms with Crippen LogP contribution >= 0.6 is 22.9 Å². The van der Waals surface area contributed by atoms with Crippen molar-refractivity contribution >= 4 is 34.7 Å². The summed E-state index contributed by atoms with van der Waals surface area (Å²) in [4.78, 5) is 17.5. The van der Waals surface area contributed by atoms with Gasteiger partial charge in [0.1, 0.15) is 5.82 Å². The molecule has 106 valence electrons. The fourth-order valence-corrected chi connectivity index (χ4v) is 2.93. The van der Waals surface area contributed by atoms with Gasteiger partial charge in [0.25, 0.3) is 5.91 Å². The summed E-state index contributed by atoms with van der Waals surface area (Å²) in [5, 5.41) is 8.27. The number of nitrogens with zero attached hydrogens (tertiary/aromatic N) is 1. The quantitative estimate of drug-likeness (QED) is 0.892. The molecule has 0 saturated carbocycles. The maximum absolute atomic E-state index is 12.1. The molecule has 20 heavy (non-hydrogen) atoms. The zero-order valence-corrected chi connectivity index (χ0v) is 12.9. The summed E-state index contributed by atoms with van der Waals surface area (Å²) in [6, 6.07) is 5.75. The Morgan fingerprint density at radius 2 is 2.35 bits per heavy atom. The van der Waals surface area contributed by atoms with E-state index in [-0.39, 0.29) is 11.9 Å². The van der Waals surface area contributed by atoms with E-state index in [1.807, 2.05) is 18.4 Å². The molecule has 0 spiro atoms. The molecule has 6 heteroatoms. The molecule has 2 N–H and O–H groups in total. The highest BCUT2D eigenvalue weighted by atomic mass is 35.5. The lowest BCUT2D eigenvalue weighted by Gasteiger charge is -2.13. The van der Waals surface area contributed by atoms with Crippen LogP contribution in [0.1, 0.15) is 22.2 Å². The third-order valence-corrected chi connectivity index (χ3v) is 3.99. The van der Waals surface area contributed by atoms with Gasteiger partial charge in [-0.2, -0.15) is 0 Å². The van der Waals surface area contributed by atoms with Gasteiger partial charge < -0.3 is 10.6 Å². The minimum Gasteiger partial charge on any atom is -0.372 e. The first-order valence-electron chi connectivity index (χ1n) is 6.26. The molecule has 1 atom stereocenters. The number of hydrogen-bond donors (Lipinski definition) is 2. The number of halogens is 1. The Bertz CT molecular complexity index is 586. The molecular formula is C14H16ClN3OS. The molecule has 0 aliphatic heterocycles. The number of anilines is 1. The van der Waals surface area contributed by atoms with Crippen LogP contribution in [0.25, 0.3) is 0 Å². The number of thiophene rings is 1. The molecule has 1 amide bonds. The van der Waals surface area contributed by atoms with Gasteiger partial charge in [0.05, 0.1) is 10.6 Å². The molecule has 2 rings (SSSR count). The Hall–Kier alpha value is -1.59. The maximum Gasteiger partial charge on any atom is 0.253 e. The van der Waals surface area contributed by atoms with Crippen LogP contribution in [0, 0.1) is 0 Å². The topological polar surface area (TPSA) is 54.0 Å². The highest BCUT2D eigenvalue weighted by Crippen LogP contribution is 2.19. The van der Waals surface area contributed by atoms with E-state index in [2.05, 4.69) is 21.7 Å². The van der Waals surface area contributed by atoms with Crippen molar-refractivity contribution in [3.8, 4) is 0 Å². The largest absolute Gasteiger partial charge is 0.372 e. The summed E-state index contributed by atoms with van der Waals surface area (Å²) in [5.41, 5.74) is 0.465. The molecule has 2 aromatic heterocycles. The number of aromatic nitrogens is 1. The van der Waals surface area contributed by atoms with Crippen molar-refractivity contribution in [2.24, 2.45) is 0 Å². The van der Waals surface area contributed by atoms with Gasteiger partial charge in [0.15, 0.2) is 0 Å². The average molecular weight is 310 g/mol. The summed E-state index contributed by atoms with van der Waals surface area (Å²) < 4.78 is 0. The molecular weight excluding hydrogens is 294 g/mol. The first-order valence-corrected chi connectivity index (χ1v) is 7.52. The fourth-order valence-electron chi connectivity index (χ4n) is 1.83. The monoisotopic (exact) mass is 309 g/mol. The van der Waals surface area contributed by atoms with Crippen LogP contribution in [0.5, 0.6) is 0 Å². The number of carbonyl (C=O) groups is 1. The predicted octanol–water partition coefficient (Wildman–Crippen LogP) is 3.20. The van der Waals surface area contributed by atoms with E-state index in [0.29, 0.717) is 16.4 Å². The van der Waals surface area contributed by atoms with Crippen LogP contribution < -0.4 is 10.6 Å². The number of hydrogen-bond acceptors (Lipinski definition) is 4. The smallest absolute Gasteiger partial charge is 0.253 e. The van der Waals surface area contributed by atoms with E-state index < -0.39 is 0 Å². The summed E-state index contributed by atoms with van der Waals surface area (Å²) in [5.74, 6) is 0.404. The lowest BCUT2D eigenvalue weighted by atomic mass is 10.2. The first kappa shape index (κ1) is 14.8. The van der Waals surface area contributed by atoms with Crippen molar-refractivity contribution in [1.82, 2.24) is 10.3 Å². The second-order valence-corrected chi connectivity index (χ2v) is 5.90. The minimum atomic E-state index is -0.161. The standard InChI is InChI=1S/C14H16ClN3OS/c1-9(6-11-4-3-5-20-11)18-14(19)10-7-12(15)13(16-2)17-8-10/h3-5,7-9H,6H2,1-2H3,(H,16,17)(H,18,19). The van der Waals surface area contributed by atoms with Gasteiger partial charge in [0, 0.05) is 30.6 Å². The van der Waals surface area contributed by atoms with Crippen LogP contribution in [-0.4, -0.2) is 24.0 Å².